The van der Waals surface area contributed by atoms with Gasteiger partial charge in [-0.15, -0.1) is 0 Å². The van der Waals surface area contributed by atoms with Crippen LogP contribution < -0.4 is 10.1 Å². The lowest BCUT2D eigenvalue weighted by molar-refractivity contribution is 0.254. The van der Waals surface area contributed by atoms with Gasteiger partial charge in [0.2, 0.25) is 0 Å². The molecule has 0 spiro atoms. The Morgan fingerprint density at radius 1 is 1.33 bits per heavy atom. The Hall–Kier alpha value is -1.07. The van der Waals surface area contributed by atoms with Crippen molar-refractivity contribution >= 4 is 9.84 Å². The van der Waals surface area contributed by atoms with Crippen LogP contribution in [0.5, 0.6) is 5.75 Å². The molecule has 4 nitrogen and oxygen atoms in total. The van der Waals surface area contributed by atoms with Gasteiger partial charge in [-0.3, -0.25) is 0 Å². The molecule has 21 heavy (non-hydrogen) atoms. The maximum Gasteiger partial charge on any atom is 0.160 e. The van der Waals surface area contributed by atoms with E-state index in [1.807, 2.05) is 31.2 Å². The van der Waals surface area contributed by atoms with E-state index in [1.165, 1.54) is 0 Å². The van der Waals surface area contributed by atoms with Crippen molar-refractivity contribution in [1.82, 2.24) is 5.32 Å². The fraction of sp³-hybridized carbons (Fsp3) is 0.625. The molecule has 0 radical (unpaired) electrons. The highest BCUT2D eigenvalue weighted by atomic mass is 32.2. The summed E-state index contributed by atoms with van der Waals surface area (Å²) in [5.41, 5.74) is 0.953. The molecule has 0 fully saturated rings. The van der Waals surface area contributed by atoms with E-state index < -0.39 is 15.1 Å². The minimum absolute atomic E-state index is 0.186. The van der Waals surface area contributed by atoms with Gasteiger partial charge in [0.15, 0.2) is 9.84 Å². The average molecular weight is 311 g/mol. The van der Waals surface area contributed by atoms with Gasteiger partial charge in [0, 0.05) is 5.56 Å². The molecule has 1 aliphatic rings. The SMILES string of the molecule is CCCNC1c2ccccc2OCC1S(=O)(=O)C(C)CC. The van der Waals surface area contributed by atoms with Crippen LogP contribution in [0, 0.1) is 0 Å². The molecular weight excluding hydrogens is 286 g/mol. The smallest absolute Gasteiger partial charge is 0.160 e. The number of fused-ring (bicyclic) bond motifs is 1. The van der Waals surface area contributed by atoms with Crippen molar-refractivity contribution < 1.29 is 13.2 Å². The predicted octanol–water partition coefficient (Wildman–Crippen LogP) is 2.70. The van der Waals surface area contributed by atoms with Gasteiger partial charge in [0.05, 0.1) is 11.3 Å². The molecule has 1 aromatic carbocycles. The zero-order chi connectivity index (χ0) is 15.5. The summed E-state index contributed by atoms with van der Waals surface area (Å²) < 4.78 is 31.3. The molecular formula is C16H25NO3S. The standard InChI is InChI=1S/C16H25NO3S/c1-4-10-17-16-13-8-6-7-9-14(13)20-11-15(16)21(18,19)12(3)5-2/h6-9,12,15-17H,4-5,10-11H2,1-3H3. The van der Waals surface area contributed by atoms with Gasteiger partial charge in [-0.05, 0) is 32.4 Å². The Kier molecular flexibility index (Phi) is 5.27. The van der Waals surface area contributed by atoms with Crippen LogP contribution in [0.2, 0.25) is 0 Å². The fourth-order valence-corrected chi connectivity index (χ4v) is 4.64. The largest absolute Gasteiger partial charge is 0.492 e. The molecule has 5 heteroatoms. The molecule has 0 saturated heterocycles. The van der Waals surface area contributed by atoms with Crippen LogP contribution in [-0.2, 0) is 9.84 Å². The second-order valence-electron chi connectivity index (χ2n) is 5.63. The molecule has 0 bridgehead atoms. The van der Waals surface area contributed by atoms with Crippen LogP contribution in [0.3, 0.4) is 0 Å². The Morgan fingerprint density at radius 2 is 2.05 bits per heavy atom. The Balaban J connectivity index is 2.38. The molecule has 3 atom stereocenters. The van der Waals surface area contributed by atoms with Crippen LogP contribution in [0.25, 0.3) is 0 Å². The maximum absolute atomic E-state index is 12.8. The zero-order valence-corrected chi connectivity index (χ0v) is 13.8. The predicted molar refractivity (Wildman–Crippen MR) is 85.4 cm³/mol. The number of hydrogen-bond donors (Lipinski definition) is 1. The van der Waals surface area contributed by atoms with Crippen molar-refractivity contribution in [2.24, 2.45) is 0 Å². The maximum atomic E-state index is 12.8. The third-order valence-electron chi connectivity index (χ3n) is 4.20. The molecule has 1 N–H and O–H groups in total. The van der Waals surface area contributed by atoms with Gasteiger partial charge in [0.1, 0.15) is 17.6 Å². The molecule has 1 aliphatic heterocycles. The van der Waals surface area contributed by atoms with Gasteiger partial charge in [-0.25, -0.2) is 8.42 Å². The quantitative estimate of drug-likeness (QED) is 0.877. The first-order valence-corrected chi connectivity index (χ1v) is 9.31. The molecule has 0 amide bonds. The molecule has 118 valence electrons. The van der Waals surface area contributed by atoms with Crippen LogP contribution in [-0.4, -0.2) is 32.1 Å². The van der Waals surface area contributed by atoms with Crippen molar-refractivity contribution in [1.29, 1.82) is 0 Å². The molecule has 3 unspecified atom stereocenters. The summed E-state index contributed by atoms with van der Waals surface area (Å²) in [7, 11) is -3.22. The van der Waals surface area contributed by atoms with Gasteiger partial charge in [-0.1, -0.05) is 32.0 Å². The average Bonchev–Trinajstić information content (AvgIpc) is 2.51. The summed E-state index contributed by atoms with van der Waals surface area (Å²) in [5, 5.41) is 2.54. The number of rotatable bonds is 6. The molecule has 0 aliphatic carbocycles. The van der Waals surface area contributed by atoms with Gasteiger partial charge in [-0.2, -0.15) is 0 Å². The molecule has 2 rings (SSSR count). The monoisotopic (exact) mass is 311 g/mol. The third-order valence-corrected chi connectivity index (χ3v) is 6.91. The highest BCUT2D eigenvalue weighted by molar-refractivity contribution is 7.92. The van der Waals surface area contributed by atoms with Crippen LogP contribution in [0.4, 0.5) is 0 Å². The lowest BCUT2D eigenvalue weighted by Crippen LogP contribution is -2.47. The van der Waals surface area contributed by atoms with E-state index in [-0.39, 0.29) is 17.9 Å². The summed E-state index contributed by atoms with van der Waals surface area (Å²) in [4.78, 5) is 0. The minimum atomic E-state index is -3.22. The Morgan fingerprint density at radius 3 is 2.71 bits per heavy atom. The van der Waals surface area contributed by atoms with Gasteiger partial charge < -0.3 is 10.1 Å². The Bertz CT molecular complexity index is 571. The van der Waals surface area contributed by atoms with Crippen molar-refractivity contribution in [2.75, 3.05) is 13.2 Å². The number of sulfone groups is 1. The van der Waals surface area contributed by atoms with Crippen LogP contribution >= 0.6 is 0 Å². The first-order valence-electron chi connectivity index (χ1n) is 7.70. The van der Waals surface area contributed by atoms with Crippen LogP contribution in [0.1, 0.15) is 45.2 Å². The van der Waals surface area contributed by atoms with Gasteiger partial charge >= 0.3 is 0 Å². The summed E-state index contributed by atoms with van der Waals surface area (Å²) in [6.07, 6.45) is 1.59. The van der Waals surface area contributed by atoms with E-state index in [4.69, 9.17) is 4.74 Å². The number of hydrogen-bond acceptors (Lipinski definition) is 4. The zero-order valence-electron chi connectivity index (χ0n) is 13.0. The van der Waals surface area contributed by atoms with E-state index >= 15 is 0 Å². The highest BCUT2D eigenvalue weighted by Crippen LogP contribution is 2.36. The summed E-state index contributed by atoms with van der Waals surface area (Å²) >= 11 is 0. The topological polar surface area (TPSA) is 55.4 Å². The molecule has 1 aromatic rings. The number of para-hydroxylation sites is 1. The Labute approximate surface area is 127 Å². The van der Waals surface area contributed by atoms with Crippen molar-refractivity contribution in [2.45, 2.75) is 50.2 Å². The fourth-order valence-electron chi connectivity index (χ4n) is 2.69. The lowest BCUT2D eigenvalue weighted by Gasteiger charge is -2.35. The molecule has 0 aromatic heterocycles. The third kappa shape index (κ3) is 3.24. The van der Waals surface area contributed by atoms with Gasteiger partial charge in [0.25, 0.3) is 0 Å². The van der Waals surface area contributed by atoms with E-state index in [0.717, 1.165) is 24.3 Å². The van der Waals surface area contributed by atoms with Crippen LogP contribution in [0.15, 0.2) is 24.3 Å². The van der Waals surface area contributed by atoms with Crippen molar-refractivity contribution in [3.05, 3.63) is 29.8 Å². The summed E-state index contributed by atoms with van der Waals surface area (Å²) in [5.74, 6) is 0.793. The number of nitrogens with one attached hydrogen (secondary N) is 1. The van der Waals surface area contributed by atoms with Crippen molar-refractivity contribution in [3.63, 3.8) is 0 Å². The van der Waals surface area contributed by atoms with E-state index in [9.17, 15) is 8.42 Å². The first kappa shape index (κ1) is 16.3. The first-order chi connectivity index (χ1) is 10.0. The highest BCUT2D eigenvalue weighted by Gasteiger charge is 2.41. The summed E-state index contributed by atoms with van der Waals surface area (Å²) in [6, 6.07) is 7.53. The normalized spacial score (nSPS) is 23.2. The summed E-state index contributed by atoms with van der Waals surface area (Å²) in [6.45, 7) is 6.80. The lowest BCUT2D eigenvalue weighted by atomic mass is 10.00. The second kappa shape index (κ2) is 6.79. The molecule has 1 heterocycles. The van der Waals surface area contributed by atoms with E-state index in [0.29, 0.717) is 6.42 Å². The number of ether oxygens (including phenoxy) is 1. The van der Waals surface area contributed by atoms with E-state index in [2.05, 4.69) is 12.2 Å². The second-order valence-corrected chi connectivity index (χ2v) is 8.22. The number of benzene rings is 1. The van der Waals surface area contributed by atoms with Crippen molar-refractivity contribution in [3.8, 4) is 5.75 Å². The van der Waals surface area contributed by atoms with E-state index in [1.54, 1.807) is 6.92 Å². The molecule has 0 saturated carbocycles. The minimum Gasteiger partial charge on any atom is -0.492 e.